The van der Waals surface area contributed by atoms with E-state index in [0.29, 0.717) is 30.6 Å². The average Bonchev–Trinajstić information content (AvgIpc) is 2.81. The van der Waals surface area contributed by atoms with Crippen LogP contribution in [-0.2, 0) is 25.4 Å². The number of ether oxygens (including phenoxy) is 1. The Balaban J connectivity index is 3.11. The van der Waals surface area contributed by atoms with Crippen molar-refractivity contribution in [2.75, 3.05) is 38.9 Å². The third kappa shape index (κ3) is 11.7. The Hall–Kier alpha value is -2.82. The number of thiol groups is 1. The molecule has 0 saturated carbocycles. The van der Waals surface area contributed by atoms with E-state index in [1.54, 1.807) is 0 Å². The molecule has 212 valence electrons. The number of hydrogen-bond acceptors (Lipinski definition) is 10. The molecule has 38 heavy (non-hydrogen) atoms. The van der Waals surface area contributed by atoms with Gasteiger partial charge in [-0.1, -0.05) is 11.8 Å². The first-order valence-corrected chi connectivity index (χ1v) is 12.7. The van der Waals surface area contributed by atoms with Gasteiger partial charge in [0.25, 0.3) is 0 Å². The van der Waals surface area contributed by atoms with E-state index in [9.17, 15) is 37.1 Å². The molecule has 0 spiro atoms. The van der Waals surface area contributed by atoms with Crippen molar-refractivity contribution in [2.24, 2.45) is 0 Å². The van der Waals surface area contributed by atoms with Crippen molar-refractivity contribution >= 4 is 53.2 Å². The summed E-state index contributed by atoms with van der Waals surface area (Å²) < 4.78 is 44.9. The number of amides is 3. The van der Waals surface area contributed by atoms with Crippen LogP contribution in [0.4, 0.5) is 13.2 Å². The Labute approximate surface area is 227 Å². The number of carbonyl (C=O) groups is 5. The van der Waals surface area contributed by atoms with Gasteiger partial charge in [-0.05, 0) is 32.3 Å². The van der Waals surface area contributed by atoms with E-state index in [1.807, 2.05) is 19.0 Å². The van der Waals surface area contributed by atoms with Gasteiger partial charge in [-0.2, -0.15) is 25.8 Å². The number of benzene rings is 1. The zero-order valence-corrected chi connectivity index (χ0v) is 22.8. The lowest BCUT2D eigenvalue weighted by molar-refractivity contribution is -0.140. The summed E-state index contributed by atoms with van der Waals surface area (Å²) in [6, 6.07) is -0.452. The van der Waals surface area contributed by atoms with Crippen molar-refractivity contribution in [3.05, 3.63) is 29.3 Å². The van der Waals surface area contributed by atoms with Crippen molar-refractivity contribution in [3.63, 3.8) is 0 Å². The summed E-state index contributed by atoms with van der Waals surface area (Å²) in [5.41, 5.74) is -1.56. The van der Waals surface area contributed by atoms with Crippen LogP contribution < -0.4 is 26.0 Å². The Morgan fingerprint density at radius 1 is 1.05 bits per heavy atom. The third-order valence-corrected chi connectivity index (χ3v) is 5.82. The molecule has 2 unspecified atom stereocenters. The average molecular weight is 582 g/mol. The maximum Gasteiger partial charge on any atom is 0.416 e. The van der Waals surface area contributed by atoms with Crippen LogP contribution in [0.2, 0.25) is 0 Å². The van der Waals surface area contributed by atoms with Crippen molar-refractivity contribution in [3.8, 4) is 5.75 Å². The van der Waals surface area contributed by atoms with Gasteiger partial charge in [0.15, 0.2) is 0 Å². The Kier molecular flexibility index (Phi) is 13.6. The predicted molar refractivity (Wildman–Crippen MR) is 138 cm³/mol. The second kappa shape index (κ2) is 15.6. The smallest absolute Gasteiger partial charge is 0.416 e. The van der Waals surface area contributed by atoms with Gasteiger partial charge < -0.3 is 20.7 Å². The SMILES string of the molecule is CC(=O)NC(CSC(=O)c1ccc(C(F)(F)F)cc1OC(=O)C(CS)NC(C)=O)C(=O)NCNCN(C)C. The number of nitrogens with one attached hydrogen (secondary N) is 4. The van der Waals surface area contributed by atoms with Crippen molar-refractivity contribution < 1.29 is 41.9 Å². The number of carbonyl (C=O) groups excluding carboxylic acids is 5. The van der Waals surface area contributed by atoms with Gasteiger partial charge in [0.05, 0.1) is 17.8 Å². The van der Waals surface area contributed by atoms with Gasteiger partial charge in [0.1, 0.15) is 17.8 Å². The summed E-state index contributed by atoms with van der Waals surface area (Å²) in [5.74, 6) is -4.04. The number of esters is 1. The van der Waals surface area contributed by atoms with Crippen LogP contribution in [-0.4, -0.2) is 84.7 Å². The fraction of sp³-hybridized carbons (Fsp3) is 0.500. The largest absolute Gasteiger partial charge is 0.424 e. The minimum Gasteiger partial charge on any atom is -0.424 e. The molecule has 1 aromatic rings. The third-order valence-electron chi connectivity index (χ3n) is 4.47. The molecule has 0 bridgehead atoms. The molecule has 0 aromatic heterocycles. The highest BCUT2D eigenvalue weighted by Crippen LogP contribution is 2.34. The van der Waals surface area contributed by atoms with Gasteiger partial charge in [-0.15, -0.1) is 0 Å². The standard InChI is InChI=1S/C22H30F3N5O6S2/c1-12(31)28-16(8-37)20(34)36-18-7-14(22(23,24)25)5-6-15(18)21(35)38-9-17(29-13(2)32)19(33)27-10-26-11-30(3)4/h5-7,16-17,26,37H,8-11H2,1-4H3,(H,27,33)(H,28,31)(H,29,32). The van der Waals surface area contributed by atoms with Crippen molar-refractivity contribution in [2.45, 2.75) is 32.1 Å². The molecule has 1 aromatic carbocycles. The van der Waals surface area contributed by atoms with Gasteiger partial charge in [-0.25, -0.2) is 4.79 Å². The highest BCUT2D eigenvalue weighted by molar-refractivity contribution is 8.14. The second-order valence-corrected chi connectivity index (χ2v) is 9.48. The topological polar surface area (TPSA) is 146 Å². The molecule has 11 nitrogen and oxygen atoms in total. The number of alkyl halides is 3. The molecule has 0 heterocycles. The molecule has 3 amide bonds. The number of rotatable bonds is 13. The van der Waals surface area contributed by atoms with Crippen LogP contribution in [0.25, 0.3) is 0 Å². The van der Waals surface area contributed by atoms with Crippen LogP contribution in [0.5, 0.6) is 5.75 Å². The number of halogens is 3. The van der Waals surface area contributed by atoms with E-state index in [4.69, 9.17) is 4.74 Å². The fourth-order valence-electron chi connectivity index (χ4n) is 2.77. The fourth-order valence-corrected chi connectivity index (χ4v) is 3.89. The highest BCUT2D eigenvalue weighted by Gasteiger charge is 2.33. The van der Waals surface area contributed by atoms with E-state index < -0.39 is 58.4 Å². The predicted octanol–water partition coefficient (Wildman–Crippen LogP) is 0.606. The number of hydrogen-bond donors (Lipinski definition) is 5. The summed E-state index contributed by atoms with van der Waals surface area (Å²) in [7, 11) is 3.62. The molecule has 0 saturated heterocycles. The first-order chi connectivity index (χ1) is 17.6. The van der Waals surface area contributed by atoms with E-state index in [-0.39, 0.29) is 23.7 Å². The molecule has 4 N–H and O–H groups in total. The zero-order chi connectivity index (χ0) is 29.0. The second-order valence-electron chi connectivity index (χ2n) is 8.12. The molecule has 1 rings (SSSR count). The lowest BCUT2D eigenvalue weighted by Gasteiger charge is -2.19. The summed E-state index contributed by atoms with van der Waals surface area (Å²) in [5, 5.41) is 9.30. The summed E-state index contributed by atoms with van der Waals surface area (Å²) in [6.45, 7) is 2.84. The molecule has 0 radical (unpaired) electrons. The molecular weight excluding hydrogens is 551 g/mol. The van der Waals surface area contributed by atoms with Crippen LogP contribution in [0, 0.1) is 0 Å². The van der Waals surface area contributed by atoms with E-state index in [2.05, 4.69) is 33.9 Å². The monoisotopic (exact) mass is 581 g/mol. The van der Waals surface area contributed by atoms with Gasteiger partial charge in [0, 0.05) is 32.0 Å². The normalized spacial score (nSPS) is 12.9. The molecule has 0 aliphatic rings. The molecular formula is C22H30F3N5O6S2. The van der Waals surface area contributed by atoms with E-state index >= 15 is 0 Å². The van der Waals surface area contributed by atoms with E-state index in [1.165, 1.54) is 6.92 Å². The van der Waals surface area contributed by atoms with Crippen LogP contribution in [0.1, 0.15) is 29.8 Å². The first-order valence-electron chi connectivity index (χ1n) is 11.0. The Bertz CT molecular complexity index is 1030. The maximum atomic E-state index is 13.3. The van der Waals surface area contributed by atoms with E-state index in [0.717, 1.165) is 13.0 Å². The minimum absolute atomic E-state index is 0.0747. The Morgan fingerprint density at radius 2 is 1.66 bits per heavy atom. The first kappa shape index (κ1) is 33.2. The minimum atomic E-state index is -4.80. The zero-order valence-electron chi connectivity index (χ0n) is 21.1. The van der Waals surface area contributed by atoms with Crippen LogP contribution >= 0.6 is 24.4 Å². The Morgan fingerprint density at radius 3 is 2.18 bits per heavy atom. The molecule has 0 fully saturated rings. The molecule has 16 heteroatoms. The van der Waals surface area contributed by atoms with Gasteiger partial charge in [0.2, 0.25) is 22.8 Å². The summed E-state index contributed by atoms with van der Waals surface area (Å²) in [4.78, 5) is 62.5. The van der Waals surface area contributed by atoms with Gasteiger partial charge >= 0.3 is 12.1 Å². The van der Waals surface area contributed by atoms with Gasteiger partial charge in [-0.3, -0.25) is 29.4 Å². The maximum absolute atomic E-state index is 13.3. The highest BCUT2D eigenvalue weighted by atomic mass is 32.2. The molecule has 0 aliphatic heterocycles. The summed E-state index contributed by atoms with van der Waals surface area (Å²) in [6.07, 6.45) is -4.80. The quantitative estimate of drug-likeness (QED) is 0.0744. The van der Waals surface area contributed by atoms with Crippen LogP contribution in [0.3, 0.4) is 0 Å². The van der Waals surface area contributed by atoms with Crippen molar-refractivity contribution in [1.29, 1.82) is 0 Å². The lowest BCUT2D eigenvalue weighted by atomic mass is 10.1. The summed E-state index contributed by atoms with van der Waals surface area (Å²) >= 11 is 4.46. The number of nitrogens with zero attached hydrogens (tertiary/aromatic N) is 1. The van der Waals surface area contributed by atoms with Crippen LogP contribution in [0.15, 0.2) is 18.2 Å². The number of thioether (sulfide) groups is 1. The lowest BCUT2D eigenvalue weighted by Crippen LogP contribution is -2.50. The van der Waals surface area contributed by atoms with Crippen molar-refractivity contribution in [1.82, 2.24) is 26.2 Å². The molecule has 0 aliphatic carbocycles. The molecule has 2 atom stereocenters.